The molecule has 10 nitrogen and oxygen atoms in total. The Bertz CT molecular complexity index is 1170. The number of pyridine rings is 1. The molecule has 32 heavy (non-hydrogen) atoms. The van der Waals surface area contributed by atoms with Crippen molar-refractivity contribution in [1.82, 2.24) is 15.0 Å². The number of imidazole rings is 1. The van der Waals surface area contributed by atoms with Crippen LogP contribution < -0.4 is 9.47 Å². The third-order valence-corrected chi connectivity index (χ3v) is 5.43. The van der Waals surface area contributed by atoms with Crippen LogP contribution in [-0.4, -0.2) is 55.5 Å². The molecule has 0 fully saturated rings. The Morgan fingerprint density at radius 1 is 1.12 bits per heavy atom. The Morgan fingerprint density at radius 2 is 1.78 bits per heavy atom. The molecular weight excluding hydrogens is 438 g/mol. The molecule has 1 atom stereocenters. The highest BCUT2D eigenvalue weighted by Crippen LogP contribution is 2.26. The van der Waals surface area contributed by atoms with E-state index in [1.54, 1.807) is 20.4 Å². The number of carboxylic acid groups (broad SMARTS) is 2. The molecule has 3 aromatic rings. The summed E-state index contributed by atoms with van der Waals surface area (Å²) in [6, 6.07) is 5.50. The first-order chi connectivity index (χ1) is 15.2. The summed E-state index contributed by atoms with van der Waals surface area (Å²) in [5, 5.41) is 16.1. The lowest BCUT2D eigenvalue weighted by Gasteiger charge is -2.11. The average Bonchev–Trinajstić information content (AvgIpc) is 3.18. The van der Waals surface area contributed by atoms with Gasteiger partial charge < -0.3 is 24.7 Å². The van der Waals surface area contributed by atoms with Crippen LogP contribution in [0, 0.1) is 13.8 Å². The number of carbonyl (C=O) groups is 2. The second-order valence-corrected chi connectivity index (χ2v) is 7.84. The Labute approximate surface area is 186 Å². The molecule has 170 valence electrons. The first-order valence-corrected chi connectivity index (χ1v) is 10.5. The van der Waals surface area contributed by atoms with Gasteiger partial charge in [-0.1, -0.05) is 0 Å². The van der Waals surface area contributed by atoms with E-state index in [1.807, 2.05) is 32.0 Å². The van der Waals surface area contributed by atoms with Gasteiger partial charge in [0.2, 0.25) is 0 Å². The molecule has 3 N–H and O–H groups in total. The van der Waals surface area contributed by atoms with Gasteiger partial charge in [-0.15, -0.1) is 0 Å². The minimum Gasteiger partial charge on any atom is -0.497 e. The lowest BCUT2D eigenvalue weighted by molar-refractivity contribution is -0.134. The van der Waals surface area contributed by atoms with E-state index in [2.05, 4.69) is 15.0 Å². The van der Waals surface area contributed by atoms with Crippen molar-refractivity contribution in [3.63, 3.8) is 0 Å². The van der Waals surface area contributed by atoms with Crippen molar-refractivity contribution in [2.75, 3.05) is 14.2 Å². The Hall–Kier alpha value is -3.73. The zero-order valence-corrected chi connectivity index (χ0v) is 18.7. The molecule has 0 saturated carbocycles. The highest BCUT2D eigenvalue weighted by Gasteiger charge is 2.16. The zero-order valence-electron chi connectivity index (χ0n) is 17.9. The summed E-state index contributed by atoms with van der Waals surface area (Å²) < 4.78 is 23.3. The predicted molar refractivity (Wildman–Crippen MR) is 117 cm³/mol. The fourth-order valence-electron chi connectivity index (χ4n) is 2.75. The molecule has 2 aromatic heterocycles. The van der Waals surface area contributed by atoms with Crippen LogP contribution >= 0.6 is 0 Å². The van der Waals surface area contributed by atoms with Crippen LogP contribution in [-0.2, 0) is 26.1 Å². The van der Waals surface area contributed by atoms with Crippen LogP contribution in [0.3, 0.4) is 0 Å². The molecule has 0 unspecified atom stereocenters. The standard InChI is InChI=1S/C17H19N3O3S.C4H4O4/c1-10-8-18-15(11(2)16(10)23-4)9-24(21)17-19-13-6-5-12(22-3)7-14(13)20-17;5-3(6)1-2-4(7)8/h5-8H,9H2,1-4H3,(H,19,20);1-2H,(H,5,6)(H,7,8)/b;2-1+/t24-;/m0./s1. The molecule has 0 spiro atoms. The Balaban J connectivity index is 0.000000390. The first kappa shape index (κ1) is 24.5. The summed E-state index contributed by atoms with van der Waals surface area (Å²) in [4.78, 5) is 31.0. The Kier molecular flexibility index (Phi) is 8.47. The molecule has 3 rings (SSSR count). The number of carboxylic acids is 2. The van der Waals surface area contributed by atoms with Crippen LogP contribution in [0.2, 0.25) is 0 Å². The van der Waals surface area contributed by atoms with Gasteiger partial charge in [-0.05, 0) is 26.0 Å². The monoisotopic (exact) mass is 461 g/mol. The average molecular weight is 461 g/mol. The van der Waals surface area contributed by atoms with Gasteiger partial charge in [0.05, 0.1) is 47.5 Å². The van der Waals surface area contributed by atoms with Crippen molar-refractivity contribution in [3.05, 3.63) is 53.4 Å². The van der Waals surface area contributed by atoms with Gasteiger partial charge in [0.25, 0.3) is 0 Å². The number of ether oxygens (including phenoxy) is 2. The minimum absolute atomic E-state index is 0.277. The number of hydrogen-bond acceptors (Lipinski definition) is 7. The van der Waals surface area contributed by atoms with Gasteiger partial charge in [-0.3, -0.25) is 9.19 Å². The van der Waals surface area contributed by atoms with Crippen LogP contribution in [0.5, 0.6) is 11.5 Å². The maximum Gasteiger partial charge on any atom is 0.328 e. The number of H-pyrrole nitrogens is 1. The fraction of sp³-hybridized carbons (Fsp3) is 0.238. The summed E-state index contributed by atoms with van der Waals surface area (Å²) >= 11 is 0. The number of methoxy groups -OCH3 is 2. The molecule has 0 aliphatic rings. The number of nitrogens with one attached hydrogen (secondary N) is 1. The summed E-state index contributed by atoms with van der Waals surface area (Å²) in [6.07, 6.45) is 2.85. The molecule has 2 heterocycles. The van der Waals surface area contributed by atoms with Crippen molar-refractivity contribution in [2.45, 2.75) is 24.8 Å². The lowest BCUT2D eigenvalue weighted by Crippen LogP contribution is -2.05. The molecule has 0 amide bonds. The van der Waals surface area contributed by atoms with E-state index in [-0.39, 0.29) is 5.75 Å². The predicted octanol–water partition coefficient (Wildman–Crippen LogP) is 2.61. The van der Waals surface area contributed by atoms with Gasteiger partial charge in [0.15, 0.2) is 5.16 Å². The van der Waals surface area contributed by atoms with Gasteiger partial charge in [-0.25, -0.2) is 14.6 Å². The van der Waals surface area contributed by atoms with E-state index in [0.717, 1.165) is 39.4 Å². The lowest BCUT2D eigenvalue weighted by atomic mass is 10.1. The third-order valence-electron chi connectivity index (χ3n) is 4.27. The highest BCUT2D eigenvalue weighted by atomic mass is 32.2. The number of benzene rings is 1. The molecule has 11 heteroatoms. The van der Waals surface area contributed by atoms with Gasteiger partial charge >= 0.3 is 11.9 Å². The van der Waals surface area contributed by atoms with E-state index in [9.17, 15) is 13.8 Å². The minimum atomic E-state index is -1.33. The highest BCUT2D eigenvalue weighted by molar-refractivity contribution is 7.84. The van der Waals surface area contributed by atoms with E-state index in [1.165, 1.54) is 0 Å². The molecule has 0 saturated heterocycles. The number of fused-ring (bicyclic) bond motifs is 1. The molecule has 0 aliphatic carbocycles. The second kappa shape index (κ2) is 11.0. The molecule has 0 radical (unpaired) electrons. The number of nitrogens with zero attached hydrogens (tertiary/aromatic N) is 2. The van der Waals surface area contributed by atoms with Crippen LogP contribution in [0.4, 0.5) is 0 Å². The Morgan fingerprint density at radius 3 is 2.34 bits per heavy atom. The van der Waals surface area contributed by atoms with Crippen molar-refractivity contribution >= 4 is 33.8 Å². The molecular formula is C21H23N3O7S. The van der Waals surface area contributed by atoms with E-state index in [0.29, 0.717) is 17.3 Å². The molecule has 0 aliphatic heterocycles. The summed E-state index contributed by atoms with van der Waals surface area (Å²) in [6.45, 7) is 3.86. The van der Waals surface area contributed by atoms with Crippen LogP contribution in [0.15, 0.2) is 41.7 Å². The van der Waals surface area contributed by atoms with Gasteiger partial charge in [-0.2, -0.15) is 0 Å². The summed E-state index contributed by atoms with van der Waals surface area (Å²) in [5.41, 5.74) is 4.16. The van der Waals surface area contributed by atoms with Crippen LogP contribution in [0.25, 0.3) is 11.0 Å². The van der Waals surface area contributed by atoms with E-state index in [4.69, 9.17) is 19.7 Å². The van der Waals surface area contributed by atoms with Crippen molar-refractivity contribution in [1.29, 1.82) is 0 Å². The number of aromatic nitrogens is 3. The van der Waals surface area contributed by atoms with E-state index >= 15 is 0 Å². The third kappa shape index (κ3) is 6.38. The van der Waals surface area contributed by atoms with Crippen molar-refractivity contribution in [3.8, 4) is 11.5 Å². The smallest absolute Gasteiger partial charge is 0.328 e. The summed E-state index contributed by atoms with van der Waals surface area (Å²) in [5.74, 6) is -0.727. The van der Waals surface area contributed by atoms with E-state index < -0.39 is 22.7 Å². The van der Waals surface area contributed by atoms with Crippen molar-refractivity contribution in [2.24, 2.45) is 0 Å². The number of rotatable bonds is 7. The number of aromatic amines is 1. The largest absolute Gasteiger partial charge is 0.497 e. The van der Waals surface area contributed by atoms with Gasteiger partial charge in [0, 0.05) is 35.5 Å². The maximum absolute atomic E-state index is 12.7. The maximum atomic E-state index is 12.7. The molecule has 1 aromatic carbocycles. The number of aliphatic carboxylic acids is 2. The molecule has 0 bridgehead atoms. The second-order valence-electron chi connectivity index (χ2n) is 6.47. The SMILES string of the molecule is COc1ccc2nc([S@@](=O)Cc3ncc(C)c(OC)c3C)[nH]c2c1.O=C(O)/C=C/C(=O)O. The fourth-order valence-corrected chi connectivity index (χ4v) is 3.85. The van der Waals surface area contributed by atoms with Crippen LogP contribution in [0.1, 0.15) is 16.8 Å². The quantitative estimate of drug-likeness (QED) is 0.451. The summed E-state index contributed by atoms with van der Waals surface area (Å²) in [7, 11) is 1.91. The topological polar surface area (TPSA) is 152 Å². The number of hydrogen-bond donors (Lipinski definition) is 3. The normalized spacial score (nSPS) is 11.6. The van der Waals surface area contributed by atoms with Gasteiger partial charge in [0.1, 0.15) is 11.5 Å². The first-order valence-electron chi connectivity index (χ1n) is 9.21. The van der Waals surface area contributed by atoms with Crippen molar-refractivity contribution < 1.29 is 33.5 Å². The zero-order chi connectivity index (χ0) is 23.8. The number of aryl methyl sites for hydroxylation is 1.